The van der Waals surface area contributed by atoms with Crippen LogP contribution in [0.15, 0.2) is 273 Å². The molecule has 1 aromatic heterocycles. The average Bonchev–Trinajstić information content (AvgIpc) is 3.91. The zero-order chi connectivity index (χ0) is 46.6. The van der Waals surface area contributed by atoms with E-state index in [0.29, 0.717) is 0 Å². The fourth-order valence-electron chi connectivity index (χ4n) is 11.5. The van der Waals surface area contributed by atoms with Gasteiger partial charge in [0.05, 0.1) is 16.7 Å². The fourth-order valence-corrected chi connectivity index (χ4v) is 11.5. The molecule has 1 atom stereocenters. The van der Waals surface area contributed by atoms with Crippen LogP contribution in [0.25, 0.3) is 83.1 Å². The average molecular weight is 893 g/mol. The van der Waals surface area contributed by atoms with Crippen LogP contribution >= 0.6 is 0 Å². The van der Waals surface area contributed by atoms with Gasteiger partial charge in [0.2, 0.25) is 0 Å². The smallest absolute Gasteiger partial charge is 0.0547 e. The highest BCUT2D eigenvalue weighted by molar-refractivity contribution is 6.16. The molecule has 1 aliphatic rings. The Labute approximate surface area is 409 Å². The van der Waals surface area contributed by atoms with E-state index < -0.39 is 0 Å². The number of anilines is 3. The minimum Gasteiger partial charge on any atom is -0.310 e. The Morgan fingerprint density at radius 3 is 1.61 bits per heavy atom. The molecule has 2 heteroatoms. The predicted molar refractivity (Wildman–Crippen MR) is 295 cm³/mol. The summed E-state index contributed by atoms with van der Waals surface area (Å²) >= 11 is 0. The van der Waals surface area contributed by atoms with E-state index in [1.807, 2.05) is 0 Å². The Balaban J connectivity index is 1.05. The number of para-hydroxylation sites is 3. The number of rotatable bonds is 9. The lowest BCUT2D eigenvalue weighted by atomic mass is 9.74. The van der Waals surface area contributed by atoms with Crippen LogP contribution in [0.1, 0.15) is 23.6 Å². The Bertz CT molecular complexity index is 3900. The summed E-state index contributed by atoms with van der Waals surface area (Å²) in [5.41, 5.74) is 22.4. The van der Waals surface area contributed by atoms with Crippen molar-refractivity contribution < 1.29 is 0 Å². The number of fused-ring (bicyclic) bond motifs is 6. The van der Waals surface area contributed by atoms with E-state index in [4.69, 9.17) is 0 Å². The second kappa shape index (κ2) is 17.0. The zero-order valence-electron chi connectivity index (χ0n) is 38.9. The highest BCUT2D eigenvalue weighted by Gasteiger charge is 2.41. The topological polar surface area (TPSA) is 8.17 Å². The summed E-state index contributed by atoms with van der Waals surface area (Å²) in [4.78, 5) is 2.50. The van der Waals surface area contributed by atoms with Gasteiger partial charge in [0, 0.05) is 38.8 Å². The maximum absolute atomic E-state index is 2.50. The number of benzene rings is 11. The number of hydrogen-bond donors (Lipinski definition) is 0. The van der Waals surface area contributed by atoms with Crippen molar-refractivity contribution in [3.63, 3.8) is 0 Å². The normalized spacial score (nSPS) is 13.8. The summed E-state index contributed by atoms with van der Waals surface area (Å²) in [6.07, 6.45) is 0. The fraction of sp³-hybridized carbons (Fsp3) is 0.0294. The molecule has 12 aromatic rings. The van der Waals surface area contributed by atoms with Gasteiger partial charge in [-0.2, -0.15) is 0 Å². The van der Waals surface area contributed by atoms with Crippen molar-refractivity contribution in [1.29, 1.82) is 0 Å². The van der Waals surface area contributed by atoms with E-state index in [9.17, 15) is 0 Å². The van der Waals surface area contributed by atoms with E-state index in [2.05, 4.69) is 289 Å². The SMILES string of the molecule is CC1(c2ccccc2)c2ccccc2-c2ccc(N(c3cccc(-c4cccc5c4c4ccccc4n5-c4ccccc4)c3)c3ccccc3-c3ccccc3-c3ccccc3-c3ccccc3)cc21. The van der Waals surface area contributed by atoms with Crippen LogP contribution in [-0.2, 0) is 5.41 Å². The second-order valence-electron chi connectivity index (χ2n) is 18.5. The summed E-state index contributed by atoms with van der Waals surface area (Å²) in [5, 5.41) is 2.47. The molecule has 1 aliphatic carbocycles. The van der Waals surface area contributed by atoms with Gasteiger partial charge in [0.1, 0.15) is 0 Å². The second-order valence-corrected chi connectivity index (χ2v) is 18.5. The van der Waals surface area contributed by atoms with Crippen molar-refractivity contribution in [2.24, 2.45) is 0 Å². The first-order chi connectivity index (χ1) is 34.6. The molecular formula is C68H48N2. The molecule has 0 N–H and O–H groups in total. The van der Waals surface area contributed by atoms with Crippen molar-refractivity contribution in [3.8, 4) is 61.3 Å². The number of aromatic nitrogens is 1. The lowest BCUT2D eigenvalue weighted by Gasteiger charge is -2.32. The van der Waals surface area contributed by atoms with Crippen molar-refractivity contribution in [3.05, 3.63) is 290 Å². The van der Waals surface area contributed by atoms with Gasteiger partial charge in [-0.3, -0.25) is 0 Å². The van der Waals surface area contributed by atoms with E-state index in [0.717, 1.165) is 33.9 Å². The number of hydrogen-bond acceptors (Lipinski definition) is 1. The molecule has 13 rings (SSSR count). The molecule has 70 heavy (non-hydrogen) atoms. The molecule has 0 fully saturated rings. The zero-order valence-corrected chi connectivity index (χ0v) is 38.9. The Morgan fingerprint density at radius 1 is 0.329 bits per heavy atom. The quantitative estimate of drug-likeness (QED) is 0.140. The van der Waals surface area contributed by atoms with Gasteiger partial charge < -0.3 is 9.47 Å². The molecule has 0 amide bonds. The van der Waals surface area contributed by atoms with Gasteiger partial charge in [-0.25, -0.2) is 0 Å². The molecule has 0 spiro atoms. The van der Waals surface area contributed by atoms with Crippen LogP contribution in [-0.4, -0.2) is 4.57 Å². The standard InChI is InChI=1S/C68H48N2/c1-68(49-26-7-3-8-27-49)62-39-18-15-35-58(62)59-44-43-52(46-63(59)68)69(64-40-19-16-36-60(64)57-34-14-13-33-56(57)55-32-12-11-31-53(55)47-23-5-2-6-24-47)51-30-21-25-48(45-51)54-38-22-42-66-67(54)61-37-17-20-41-65(61)70(66)50-28-9-4-10-29-50/h2-46H,1H3. The van der Waals surface area contributed by atoms with E-state index >= 15 is 0 Å². The molecule has 0 saturated heterocycles. The first-order valence-corrected chi connectivity index (χ1v) is 24.3. The minimum absolute atomic E-state index is 0.368. The molecule has 330 valence electrons. The van der Waals surface area contributed by atoms with Crippen molar-refractivity contribution in [2.75, 3.05) is 4.90 Å². The van der Waals surface area contributed by atoms with Crippen LogP contribution in [0, 0.1) is 0 Å². The van der Waals surface area contributed by atoms with Crippen LogP contribution < -0.4 is 4.90 Å². The highest BCUT2D eigenvalue weighted by Crippen LogP contribution is 2.55. The third kappa shape index (κ3) is 6.64. The molecule has 0 saturated carbocycles. The van der Waals surface area contributed by atoms with Gasteiger partial charge in [-0.1, -0.05) is 218 Å². The summed E-state index contributed by atoms with van der Waals surface area (Å²) in [5.74, 6) is 0. The lowest BCUT2D eigenvalue weighted by molar-refractivity contribution is 0.714. The van der Waals surface area contributed by atoms with Gasteiger partial charge in [-0.15, -0.1) is 0 Å². The van der Waals surface area contributed by atoms with Crippen molar-refractivity contribution in [2.45, 2.75) is 12.3 Å². The maximum Gasteiger partial charge on any atom is 0.0547 e. The maximum atomic E-state index is 2.50. The van der Waals surface area contributed by atoms with Gasteiger partial charge >= 0.3 is 0 Å². The van der Waals surface area contributed by atoms with Crippen LogP contribution in [0.5, 0.6) is 0 Å². The lowest BCUT2D eigenvalue weighted by Crippen LogP contribution is -2.23. The van der Waals surface area contributed by atoms with Gasteiger partial charge in [0.25, 0.3) is 0 Å². The molecule has 1 heterocycles. The molecule has 11 aromatic carbocycles. The Morgan fingerprint density at radius 2 is 0.843 bits per heavy atom. The van der Waals surface area contributed by atoms with Crippen LogP contribution in [0.3, 0.4) is 0 Å². The van der Waals surface area contributed by atoms with Crippen LogP contribution in [0.4, 0.5) is 17.1 Å². The van der Waals surface area contributed by atoms with E-state index in [-0.39, 0.29) is 5.41 Å². The van der Waals surface area contributed by atoms with Crippen LogP contribution in [0.2, 0.25) is 0 Å². The monoisotopic (exact) mass is 892 g/mol. The summed E-state index contributed by atoms with van der Waals surface area (Å²) in [6.45, 7) is 2.41. The molecule has 0 aliphatic heterocycles. The van der Waals surface area contributed by atoms with Crippen molar-refractivity contribution in [1.82, 2.24) is 4.57 Å². The van der Waals surface area contributed by atoms with Crippen molar-refractivity contribution >= 4 is 38.9 Å². The third-order valence-electron chi connectivity index (χ3n) is 14.7. The molecule has 2 nitrogen and oxygen atoms in total. The van der Waals surface area contributed by atoms with Gasteiger partial charge in [0.15, 0.2) is 0 Å². The Kier molecular flexibility index (Phi) is 9.99. The molecular weight excluding hydrogens is 845 g/mol. The largest absolute Gasteiger partial charge is 0.310 e. The number of nitrogens with zero attached hydrogens (tertiary/aromatic N) is 2. The summed E-state index contributed by atoms with van der Waals surface area (Å²) in [6, 6.07) is 100. The first kappa shape index (κ1) is 41.2. The Hall–Kier alpha value is -8.98. The predicted octanol–water partition coefficient (Wildman–Crippen LogP) is 18.3. The molecule has 0 bridgehead atoms. The molecule has 0 radical (unpaired) electrons. The summed E-state index contributed by atoms with van der Waals surface area (Å²) in [7, 11) is 0. The summed E-state index contributed by atoms with van der Waals surface area (Å²) < 4.78 is 2.40. The van der Waals surface area contributed by atoms with E-state index in [1.54, 1.807) is 0 Å². The van der Waals surface area contributed by atoms with E-state index in [1.165, 1.54) is 83.0 Å². The van der Waals surface area contributed by atoms with Gasteiger partial charge in [-0.05, 0) is 128 Å². The molecule has 1 unspecified atom stereocenters. The third-order valence-corrected chi connectivity index (χ3v) is 14.7. The first-order valence-electron chi connectivity index (χ1n) is 24.3. The highest BCUT2D eigenvalue weighted by atomic mass is 15.1. The minimum atomic E-state index is -0.368.